The molecule has 0 aliphatic rings. The van der Waals surface area contributed by atoms with Gasteiger partial charge in [0.15, 0.2) is 0 Å². The molecule has 0 radical (unpaired) electrons. The molecule has 0 rings (SSSR count). The Morgan fingerprint density at radius 1 is 1.33 bits per heavy atom. The fourth-order valence-electron chi connectivity index (χ4n) is 0.506. The van der Waals surface area contributed by atoms with Crippen LogP contribution in [0.5, 0.6) is 0 Å². The summed E-state index contributed by atoms with van der Waals surface area (Å²) in [6.07, 6.45) is 4.95. The fourth-order valence-corrected chi connectivity index (χ4v) is 1.52. The second-order valence-corrected chi connectivity index (χ2v) is 3.33. The van der Waals surface area contributed by atoms with Gasteiger partial charge in [-0.05, 0) is 18.7 Å². The van der Waals surface area contributed by atoms with Gasteiger partial charge in [-0.1, -0.05) is 13.3 Å². The predicted molar refractivity (Wildman–Crippen MR) is 55.5 cm³/mol. The first-order valence-electron chi connectivity index (χ1n) is 3.23. The van der Waals surface area contributed by atoms with E-state index >= 15 is 0 Å². The van der Waals surface area contributed by atoms with E-state index in [1.54, 1.807) is 0 Å². The van der Waals surface area contributed by atoms with Crippen LogP contribution in [-0.2, 0) is 0 Å². The van der Waals surface area contributed by atoms with Crippen molar-refractivity contribution in [3.8, 4) is 0 Å². The summed E-state index contributed by atoms with van der Waals surface area (Å²) in [7, 11) is 0.989. The maximum Gasteiger partial charge on any atom is 0.0467 e. The molecule has 0 heterocycles. The number of hydrogen-bond donors (Lipinski definition) is 1. The summed E-state index contributed by atoms with van der Waals surface area (Å²) in [6.45, 7) is 2.57. The molecule has 0 saturated heterocycles. The molecule has 0 spiro atoms. The molecule has 0 aliphatic carbocycles. The Bertz CT molecular complexity index is 38.0. The lowest BCUT2D eigenvalue weighted by Crippen LogP contribution is -1.84. The fraction of sp³-hybridized carbons (Fsp3) is 1.00. The van der Waals surface area contributed by atoms with Crippen LogP contribution in [0, 0.1) is 0 Å². The minimum Gasteiger partial charge on any atom is -0.396 e. The number of hydrogen-bond acceptors (Lipinski definition) is 1. The van der Waals surface area contributed by atoms with Crippen molar-refractivity contribution in [3.63, 3.8) is 0 Å². The van der Waals surface area contributed by atoms with Gasteiger partial charge in [0.05, 0.1) is 0 Å². The van der Waals surface area contributed by atoms with E-state index in [-0.39, 0.29) is 24.0 Å². The molecule has 3 heteroatoms. The van der Waals surface area contributed by atoms with E-state index in [0.29, 0.717) is 6.61 Å². The molecule has 0 aromatic rings. The average molecular weight is 262 g/mol. The Labute approximate surface area is 76.4 Å². The molecule has 0 amide bonds. The predicted octanol–water partition coefficient (Wildman–Crippen LogP) is 2.08. The first-order valence-corrected chi connectivity index (χ1v) is 4.64. The number of aliphatic hydroxyl groups is 1. The third kappa shape index (κ3) is 12.3. The van der Waals surface area contributed by atoms with E-state index in [4.69, 9.17) is 5.11 Å². The van der Waals surface area contributed by atoms with Gasteiger partial charge in [-0.25, -0.2) is 0 Å². The molecule has 0 fully saturated rings. The first kappa shape index (κ1) is 12.8. The Morgan fingerprint density at radius 3 is 2.44 bits per heavy atom. The topological polar surface area (TPSA) is 20.2 Å². The van der Waals surface area contributed by atoms with E-state index in [1.807, 2.05) is 0 Å². The summed E-state index contributed by atoms with van der Waals surface area (Å²) in [6, 6.07) is 0. The van der Waals surface area contributed by atoms with Gasteiger partial charge in [0, 0.05) is 6.61 Å². The van der Waals surface area contributed by atoms with Gasteiger partial charge in [0.2, 0.25) is 0 Å². The molecule has 1 unspecified atom stereocenters. The van der Waals surface area contributed by atoms with Crippen LogP contribution in [0.3, 0.4) is 0 Å². The molecule has 1 N–H and O–H groups in total. The molecule has 0 aromatic carbocycles. The monoisotopic (exact) mass is 262 g/mol. The molecule has 0 aliphatic heterocycles. The van der Waals surface area contributed by atoms with Crippen molar-refractivity contribution in [2.24, 2.45) is 0 Å². The summed E-state index contributed by atoms with van der Waals surface area (Å²) >= 11 is 0. The zero-order valence-corrected chi connectivity index (χ0v) is 9.22. The van der Waals surface area contributed by atoms with Crippen molar-refractivity contribution in [3.05, 3.63) is 0 Å². The Balaban J connectivity index is 0. The summed E-state index contributed by atoms with van der Waals surface area (Å²) < 4.78 is 0. The molecule has 0 bridgehead atoms. The second-order valence-electron chi connectivity index (χ2n) is 1.83. The van der Waals surface area contributed by atoms with Crippen molar-refractivity contribution in [2.45, 2.75) is 19.8 Å². The van der Waals surface area contributed by atoms with Crippen molar-refractivity contribution in [1.29, 1.82) is 0 Å². The van der Waals surface area contributed by atoms with Crippen molar-refractivity contribution >= 4 is 32.6 Å². The van der Waals surface area contributed by atoms with Gasteiger partial charge < -0.3 is 5.11 Å². The summed E-state index contributed by atoms with van der Waals surface area (Å²) in [5.41, 5.74) is 0. The van der Waals surface area contributed by atoms with Crippen LogP contribution in [0.4, 0.5) is 0 Å². The highest BCUT2D eigenvalue weighted by atomic mass is 127. The highest BCUT2D eigenvalue weighted by Gasteiger charge is 1.83. The van der Waals surface area contributed by atoms with Crippen LogP contribution in [0.1, 0.15) is 19.8 Å². The lowest BCUT2D eigenvalue weighted by Gasteiger charge is -1.94. The second kappa shape index (κ2) is 11.9. The Morgan fingerprint density at radius 2 is 2.00 bits per heavy atom. The largest absolute Gasteiger partial charge is 0.396 e. The van der Waals surface area contributed by atoms with Crippen LogP contribution in [-0.4, -0.2) is 24.0 Å². The molecular formula is C6H16IOP. The lowest BCUT2D eigenvalue weighted by molar-refractivity contribution is 0.322. The number of aliphatic hydroxyl groups excluding tert-OH is 1. The number of rotatable bonds is 5. The van der Waals surface area contributed by atoms with Crippen LogP contribution in [0.25, 0.3) is 0 Å². The average Bonchev–Trinajstić information content (AvgIpc) is 1.81. The summed E-state index contributed by atoms with van der Waals surface area (Å²) in [5, 5.41) is 8.37. The van der Waals surface area contributed by atoms with E-state index in [0.717, 1.165) is 14.7 Å². The van der Waals surface area contributed by atoms with E-state index < -0.39 is 0 Å². The van der Waals surface area contributed by atoms with Crippen LogP contribution >= 0.6 is 32.6 Å². The highest BCUT2D eigenvalue weighted by Crippen LogP contribution is 2.10. The number of halogens is 1. The van der Waals surface area contributed by atoms with Crippen LogP contribution in [0.15, 0.2) is 0 Å². The van der Waals surface area contributed by atoms with E-state index in [2.05, 4.69) is 6.92 Å². The van der Waals surface area contributed by atoms with Crippen LogP contribution < -0.4 is 0 Å². The van der Waals surface area contributed by atoms with E-state index in [9.17, 15) is 0 Å². The quantitative estimate of drug-likeness (QED) is 0.457. The van der Waals surface area contributed by atoms with Gasteiger partial charge in [-0.3, -0.25) is 0 Å². The number of unbranched alkanes of at least 4 members (excludes halogenated alkanes) is 1. The molecule has 9 heavy (non-hydrogen) atoms. The van der Waals surface area contributed by atoms with Gasteiger partial charge in [0.1, 0.15) is 0 Å². The zero-order valence-electron chi connectivity index (χ0n) is 5.89. The minimum absolute atomic E-state index is 0. The van der Waals surface area contributed by atoms with E-state index in [1.165, 1.54) is 19.0 Å². The molecule has 0 aromatic heterocycles. The van der Waals surface area contributed by atoms with Crippen molar-refractivity contribution < 1.29 is 5.11 Å². The molecule has 0 saturated carbocycles. The Kier molecular flexibility index (Phi) is 16.8. The highest BCUT2D eigenvalue weighted by molar-refractivity contribution is 14.0. The van der Waals surface area contributed by atoms with Gasteiger partial charge in [-0.2, -0.15) is 0 Å². The SMILES string of the molecule is CCCCPCCO.I. The lowest BCUT2D eigenvalue weighted by atomic mass is 10.4. The maximum absolute atomic E-state index is 8.37. The smallest absolute Gasteiger partial charge is 0.0467 e. The van der Waals surface area contributed by atoms with Crippen LogP contribution in [0.2, 0.25) is 0 Å². The molecule has 58 valence electrons. The summed E-state index contributed by atoms with van der Waals surface area (Å²) in [4.78, 5) is 0. The third-order valence-corrected chi connectivity index (χ3v) is 2.28. The minimum atomic E-state index is 0. The first-order chi connectivity index (χ1) is 3.91. The van der Waals surface area contributed by atoms with Gasteiger partial charge in [0.25, 0.3) is 0 Å². The van der Waals surface area contributed by atoms with Crippen molar-refractivity contribution in [1.82, 2.24) is 0 Å². The molecule has 1 atom stereocenters. The van der Waals surface area contributed by atoms with Gasteiger partial charge in [-0.15, -0.1) is 32.6 Å². The zero-order chi connectivity index (χ0) is 6.24. The normalized spacial score (nSPS) is 10.0. The van der Waals surface area contributed by atoms with Crippen molar-refractivity contribution in [2.75, 3.05) is 18.9 Å². The maximum atomic E-state index is 8.37. The standard InChI is InChI=1S/C6H15OP.HI/c1-2-3-5-8-6-4-7;/h7-8H,2-6H2,1H3;1H. The third-order valence-electron chi connectivity index (χ3n) is 0.996. The molecule has 1 nitrogen and oxygen atoms in total. The summed E-state index contributed by atoms with van der Waals surface area (Å²) in [5.74, 6) is 0. The Hall–Kier alpha value is 1.12. The van der Waals surface area contributed by atoms with Gasteiger partial charge >= 0.3 is 0 Å². The molecular weight excluding hydrogens is 246 g/mol.